The number of benzene rings is 9. The summed E-state index contributed by atoms with van der Waals surface area (Å²) in [6, 6.07) is 53.7. The fourth-order valence-corrected chi connectivity index (χ4v) is 16.4. The Morgan fingerprint density at radius 2 is 1.02 bits per heavy atom. The fourth-order valence-electron chi connectivity index (χ4n) is 14.7. The van der Waals surface area contributed by atoms with Crippen molar-refractivity contribution in [2.75, 3.05) is 10.6 Å². The number of nitrogens with zero attached hydrogens (tertiary/aromatic N) is 8. The zero-order valence-corrected chi connectivity index (χ0v) is 83.9. The van der Waals surface area contributed by atoms with Gasteiger partial charge in [0.2, 0.25) is 17.7 Å². The average molecular weight is 2100 g/mol. The predicted molar refractivity (Wildman–Crippen MR) is 543 cm³/mol. The molecule has 0 aliphatic rings. The van der Waals surface area contributed by atoms with Gasteiger partial charge in [0.05, 0.1) is 69.6 Å². The molecule has 0 bridgehead atoms. The molecular weight excluding hydrogens is 2010 g/mol. The molecular formula is C108H94Cl4F11N13O9S. The number of aromatic nitrogens is 9. The molecule has 0 unspecified atom stereocenters. The van der Waals surface area contributed by atoms with E-state index in [1.165, 1.54) is 72.1 Å². The molecule has 5 N–H and O–H groups in total. The van der Waals surface area contributed by atoms with E-state index in [9.17, 15) is 86.7 Å². The number of carbonyl (C=O) groups excluding carboxylic acids is 8. The van der Waals surface area contributed by atoms with Crippen LogP contribution >= 0.6 is 57.7 Å². The molecule has 0 aliphatic carbocycles. The molecule has 0 radical (unpaired) electrons. The minimum atomic E-state index is -4.54. The number of H-pyrrole nitrogens is 1. The lowest BCUT2D eigenvalue weighted by Gasteiger charge is -2.18. The lowest BCUT2D eigenvalue weighted by Crippen LogP contribution is -2.34. The third kappa shape index (κ3) is 28.3. The maximum absolute atomic E-state index is 13.8. The van der Waals surface area contributed by atoms with E-state index >= 15 is 0 Å². The van der Waals surface area contributed by atoms with Gasteiger partial charge in [0, 0.05) is 125 Å². The highest BCUT2D eigenvalue weighted by Gasteiger charge is 2.34. The van der Waals surface area contributed by atoms with E-state index in [0.717, 1.165) is 94.5 Å². The SMILES string of the molecule is CC(C)(C)C(=O)CCc1ccc(Cl)c(C(=O)Cc2ccc3nc(-c4ccc(Cl)cn4)[nH]c3c2)c1.CC(C)(F)C(=O)CCc1cnc(C(F)F)c(C(=O)Cc2ccc3oc(-c4cccc(C(F)(F)F)c4)nc3c2)c1.CC(C)C(=O)NCc1cnc(C(F)F)c(C(=O)Nc2ccc3nc(-c4ccc(C(F)(F)F)cc4)sc3c2)c1.Cn1c(-c2ccc(Cl)cc2)nc2cc(NC(=O)c3cc(CNC(=O)C(C)(C)C)ccc3Cl)ccc21. The number of hydrogen-bond acceptors (Lipinski definition) is 17. The van der Waals surface area contributed by atoms with E-state index in [-0.39, 0.29) is 107 Å². The Morgan fingerprint density at radius 1 is 0.459 bits per heavy atom. The monoisotopic (exact) mass is 2100 g/mol. The van der Waals surface area contributed by atoms with Gasteiger partial charge >= 0.3 is 12.4 Å². The summed E-state index contributed by atoms with van der Waals surface area (Å²) >= 11 is 25.8. The molecule has 0 aliphatic heterocycles. The molecule has 146 heavy (non-hydrogen) atoms. The number of alkyl halides is 11. The van der Waals surface area contributed by atoms with E-state index in [4.69, 9.17) is 55.8 Å². The molecule has 16 rings (SSSR count). The number of pyridine rings is 3. The Morgan fingerprint density at radius 3 is 1.66 bits per heavy atom. The van der Waals surface area contributed by atoms with Gasteiger partial charge in [0.15, 0.2) is 34.4 Å². The molecule has 0 saturated carbocycles. The van der Waals surface area contributed by atoms with Crippen molar-refractivity contribution in [2.24, 2.45) is 23.8 Å². The van der Waals surface area contributed by atoms with E-state index in [1.54, 1.807) is 80.7 Å². The Hall–Kier alpha value is -14.3. The number of anilines is 2. The quantitative estimate of drug-likeness (QED) is 0.0225. The van der Waals surface area contributed by atoms with Gasteiger partial charge in [-0.3, -0.25) is 53.3 Å². The fraction of sp³-hybridized carbons (Fsp3) is 0.250. The minimum Gasteiger partial charge on any atom is -0.436 e. The largest absolute Gasteiger partial charge is 0.436 e. The van der Waals surface area contributed by atoms with Crippen molar-refractivity contribution in [1.29, 1.82) is 0 Å². The Balaban J connectivity index is 0.000000163. The molecule has 0 atom stereocenters. The highest BCUT2D eigenvalue weighted by Crippen LogP contribution is 2.40. The van der Waals surface area contributed by atoms with Gasteiger partial charge in [-0.2, -0.15) is 26.3 Å². The summed E-state index contributed by atoms with van der Waals surface area (Å²) in [4.78, 5) is 133. The van der Waals surface area contributed by atoms with Crippen molar-refractivity contribution >= 4 is 159 Å². The molecule has 0 saturated heterocycles. The van der Waals surface area contributed by atoms with Gasteiger partial charge in [-0.1, -0.05) is 144 Å². The molecule has 0 fully saturated rings. The highest BCUT2D eigenvalue weighted by atomic mass is 35.5. The van der Waals surface area contributed by atoms with Crippen molar-refractivity contribution in [3.05, 3.63) is 323 Å². The van der Waals surface area contributed by atoms with Crippen LogP contribution in [0.25, 0.3) is 88.3 Å². The number of carbonyl (C=O) groups is 8. The van der Waals surface area contributed by atoms with E-state index in [1.807, 2.05) is 120 Å². The normalized spacial score (nSPS) is 11.8. The molecule has 756 valence electrons. The number of hydrogen-bond donors (Lipinski definition) is 5. The number of aryl methyl sites for hydroxylation is 3. The Bertz CT molecular complexity index is 7600. The molecule has 22 nitrogen and oxygen atoms in total. The first kappa shape index (κ1) is 109. The van der Waals surface area contributed by atoms with Gasteiger partial charge in [-0.05, 0) is 224 Å². The topological polar surface area (TPSA) is 309 Å². The average Bonchev–Trinajstić information content (AvgIpc) is 1.63. The zero-order chi connectivity index (χ0) is 106. The Labute approximate surface area is 854 Å². The molecule has 7 aromatic heterocycles. The first-order valence-electron chi connectivity index (χ1n) is 45.4. The number of halogens is 15. The van der Waals surface area contributed by atoms with Crippen molar-refractivity contribution in [2.45, 2.75) is 152 Å². The number of fused-ring (bicyclic) bond motifs is 4. The van der Waals surface area contributed by atoms with Crippen LogP contribution in [0.3, 0.4) is 0 Å². The van der Waals surface area contributed by atoms with Crippen LogP contribution < -0.4 is 21.3 Å². The first-order chi connectivity index (χ1) is 68.8. The molecule has 16 aromatic rings. The van der Waals surface area contributed by atoms with E-state index < -0.39 is 76.3 Å². The van der Waals surface area contributed by atoms with Gasteiger partial charge in [-0.15, -0.1) is 11.3 Å². The number of rotatable bonds is 28. The number of thiazole rings is 1. The van der Waals surface area contributed by atoms with Crippen molar-refractivity contribution in [1.82, 2.24) is 55.1 Å². The van der Waals surface area contributed by atoms with Crippen LogP contribution in [0.5, 0.6) is 0 Å². The van der Waals surface area contributed by atoms with Crippen molar-refractivity contribution in [3.63, 3.8) is 0 Å². The summed E-state index contributed by atoms with van der Waals surface area (Å²) in [5.74, 6) is -1.56. The minimum absolute atomic E-state index is 0.0200. The maximum atomic E-state index is 13.8. The third-order valence-electron chi connectivity index (χ3n) is 22.9. The summed E-state index contributed by atoms with van der Waals surface area (Å²) in [6.45, 7) is 17.3. The van der Waals surface area contributed by atoms with Crippen LogP contribution in [0.4, 0.5) is 59.7 Å². The van der Waals surface area contributed by atoms with Crippen molar-refractivity contribution in [3.8, 4) is 44.9 Å². The van der Waals surface area contributed by atoms with Crippen LogP contribution in [0.15, 0.2) is 229 Å². The van der Waals surface area contributed by atoms with E-state index in [2.05, 4.69) is 56.2 Å². The second-order valence-corrected chi connectivity index (χ2v) is 39.7. The number of ketones is 4. The number of amides is 4. The van der Waals surface area contributed by atoms with Crippen LogP contribution in [-0.4, -0.2) is 96.9 Å². The number of aromatic amines is 1. The van der Waals surface area contributed by atoms with Crippen molar-refractivity contribution < 1.29 is 91.1 Å². The van der Waals surface area contributed by atoms with Gasteiger partial charge < -0.3 is 35.2 Å². The van der Waals surface area contributed by atoms with Crippen LogP contribution in [0.1, 0.15) is 192 Å². The number of oxazole rings is 1. The summed E-state index contributed by atoms with van der Waals surface area (Å²) in [7, 11) is 1.95. The highest BCUT2D eigenvalue weighted by molar-refractivity contribution is 7.21. The number of nitrogens with one attached hydrogen (secondary N) is 5. The summed E-state index contributed by atoms with van der Waals surface area (Å²) in [5, 5.41) is 13.5. The zero-order valence-electron chi connectivity index (χ0n) is 80.1. The van der Waals surface area contributed by atoms with Crippen LogP contribution in [-0.2, 0) is 77.4 Å². The second kappa shape index (κ2) is 46.0. The standard InChI is InChI=1S/C28H22F6N2O3.C27H26Cl2N4O2.C27H25Cl2N3O2.C26H21F5N4O2S/c1-27(2,31)23(38)9-7-16-10-19(24(25(29)30)35-14-16)21(37)12-15-6-8-22-20(11-15)36-26(39-22)17-4-3-5-18(13-17)28(32,33)34;1-27(2,3)26(35)30-15-16-5-11-21(29)20(13-16)25(34)31-19-10-12-23-22(14-19)32-24(33(23)4)17-6-8-18(28)9-7-17;1-27(2,3)25(34)11-6-16-4-8-20(29)19(12-16)24(33)14-17-5-9-21-23(13-17)32-26(31-21)22-10-7-18(28)15-30-22;1-13(2)23(36)33-12-14-9-18(21(22(27)28)32-11-14)24(37)34-17-7-8-19-20(10-17)38-25(35-19)15-3-5-16(6-4-15)26(29,30)31/h3-6,8,10-11,13-14,25H,7,9,12H2,1-2H3;5-14H,15H2,1-4H3,(H,30,35)(H,31,34);4-5,7-10,12-13,15H,6,11,14H2,1-3H3,(H,31,32);3-11,13,22H,12H2,1-2H3,(H,33,36)(H,34,37). The number of Topliss-reactive ketones (excluding diaryl/α,β-unsaturated/α-hetero) is 4. The smallest absolute Gasteiger partial charge is 0.416 e. The van der Waals surface area contributed by atoms with E-state index in [0.29, 0.717) is 111 Å². The van der Waals surface area contributed by atoms with Gasteiger partial charge in [-0.25, -0.2) is 41.9 Å². The lowest BCUT2D eigenvalue weighted by molar-refractivity contribution is -0.138. The predicted octanol–water partition coefficient (Wildman–Crippen LogP) is 27.7. The lowest BCUT2D eigenvalue weighted by atomic mass is 9.87. The maximum Gasteiger partial charge on any atom is 0.416 e. The van der Waals surface area contributed by atoms with Gasteiger partial charge in [0.25, 0.3) is 24.7 Å². The Kier molecular flexibility index (Phi) is 34.3. The summed E-state index contributed by atoms with van der Waals surface area (Å²) in [5.41, 5.74) is 5.39. The number of imidazole rings is 2. The molecule has 9 aromatic carbocycles. The molecule has 0 spiro atoms. The van der Waals surface area contributed by atoms with Gasteiger partial charge in [0.1, 0.15) is 39.2 Å². The summed E-state index contributed by atoms with van der Waals surface area (Å²) < 4.78 is 154. The summed E-state index contributed by atoms with van der Waals surface area (Å²) in [6.07, 6.45) is -10.4. The first-order valence-corrected chi connectivity index (χ1v) is 47.7. The van der Waals surface area contributed by atoms with Crippen LogP contribution in [0.2, 0.25) is 20.1 Å². The molecule has 7 heterocycles. The molecule has 38 heteroatoms. The van der Waals surface area contributed by atoms with Crippen LogP contribution in [0, 0.1) is 16.7 Å². The second-order valence-electron chi connectivity index (χ2n) is 36.9. The third-order valence-corrected chi connectivity index (χ3v) is 25.1. The molecule has 4 amide bonds.